The molecule has 0 aliphatic heterocycles. The quantitative estimate of drug-likeness (QED) is 0.557. The molecule has 0 saturated carbocycles. The Labute approximate surface area is 49.0 Å². The van der Waals surface area contributed by atoms with E-state index in [-0.39, 0.29) is 0 Å². The van der Waals surface area contributed by atoms with Crippen LogP contribution >= 0.6 is 0 Å². The third kappa shape index (κ3) is 18.0. The van der Waals surface area contributed by atoms with Crippen LogP contribution < -0.4 is 0 Å². The van der Waals surface area contributed by atoms with Gasteiger partial charge in [0.25, 0.3) is 0 Å². The summed E-state index contributed by atoms with van der Waals surface area (Å²) in [6.45, 7) is 1.84. The zero-order valence-corrected chi connectivity index (χ0v) is 5.22. The van der Waals surface area contributed by atoms with Crippen LogP contribution in [-0.2, 0) is 4.79 Å². The fourth-order valence-electron chi connectivity index (χ4n) is 0.214. The van der Waals surface area contributed by atoms with E-state index in [0.717, 1.165) is 13.5 Å². The molecule has 0 saturated heterocycles. The molecule has 0 amide bonds. The standard InChI is InChI=1S/C4H8O2.CH4O/c1-2-3-4(5)6;1-2/h2-3H2,1H3,(H,5,6);2H,1H3. The second-order valence-electron chi connectivity index (χ2n) is 1.14. The summed E-state index contributed by atoms with van der Waals surface area (Å²) in [6, 6.07) is 0. The summed E-state index contributed by atoms with van der Waals surface area (Å²) in [5.74, 6) is -0.711. The van der Waals surface area contributed by atoms with E-state index in [1.54, 1.807) is 0 Å². The first kappa shape index (κ1) is 10.4. The van der Waals surface area contributed by atoms with Gasteiger partial charge in [0.15, 0.2) is 0 Å². The average molecular weight is 120 g/mol. The summed E-state index contributed by atoms with van der Waals surface area (Å²) < 4.78 is 0. The molecule has 0 radical (unpaired) electrons. The molecule has 3 heteroatoms. The lowest BCUT2D eigenvalue weighted by Crippen LogP contribution is -1.90. The van der Waals surface area contributed by atoms with E-state index in [9.17, 15) is 4.79 Å². The molecule has 0 fully saturated rings. The van der Waals surface area contributed by atoms with Gasteiger partial charge in [-0.25, -0.2) is 0 Å². The second kappa shape index (κ2) is 9.66. The van der Waals surface area contributed by atoms with Crippen molar-refractivity contribution in [3.63, 3.8) is 0 Å². The van der Waals surface area contributed by atoms with Crippen molar-refractivity contribution in [2.24, 2.45) is 0 Å². The zero-order valence-electron chi connectivity index (χ0n) is 5.22. The highest BCUT2D eigenvalue weighted by atomic mass is 16.4. The van der Waals surface area contributed by atoms with E-state index in [1.807, 2.05) is 6.92 Å². The van der Waals surface area contributed by atoms with Crippen molar-refractivity contribution in [3.05, 3.63) is 0 Å². The molecule has 0 rings (SSSR count). The van der Waals surface area contributed by atoms with Gasteiger partial charge in [0, 0.05) is 13.5 Å². The predicted molar refractivity (Wildman–Crippen MR) is 30.7 cm³/mol. The highest BCUT2D eigenvalue weighted by molar-refractivity contribution is 5.66. The van der Waals surface area contributed by atoms with E-state index in [1.165, 1.54) is 0 Å². The maximum absolute atomic E-state index is 9.60. The van der Waals surface area contributed by atoms with Crippen LogP contribution in [0.5, 0.6) is 0 Å². The van der Waals surface area contributed by atoms with E-state index >= 15 is 0 Å². The Morgan fingerprint density at radius 2 is 1.88 bits per heavy atom. The van der Waals surface area contributed by atoms with E-state index < -0.39 is 5.97 Å². The highest BCUT2D eigenvalue weighted by Gasteiger charge is 1.87. The van der Waals surface area contributed by atoms with E-state index in [0.29, 0.717) is 6.42 Å². The summed E-state index contributed by atoms with van der Waals surface area (Å²) >= 11 is 0. The van der Waals surface area contributed by atoms with Crippen LogP contribution in [0.3, 0.4) is 0 Å². The molecular weight excluding hydrogens is 108 g/mol. The molecule has 50 valence electrons. The summed E-state index contributed by atoms with van der Waals surface area (Å²) in [5.41, 5.74) is 0. The molecule has 0 heterocycles. The van der Waals surface area contributed by atoms with Gasteiger partial charge in [0.2, 0.25) is 0 Å². The van der Waals surface area contributed by atoms with Gasteiger partial charge in [-0.15, -0.1) is 0 Å². The lowest BCUT2D eigenvalue weighted by atomic mass is 10.4. The molecule has 0 bridgehead atoms. The van der Waals surface area contributed by atoms with Gasteiger partial charge in [-0.2, -0.15) is 0 Å². The highest BCUT2D eigenvalue weighted by Crippen LogP contribution is 1.82. The first-order chi connectivity index (χ1) is 3.77. The van der Waals surface area contributed by atoms with Gasteiger partial charge in [0.1, 0.15) is 0 Å². The van der Waals surface area contributed by atoms with Crippen LogP contribution in [0.25, 0.3) is 0 Å². The Hall–Kier alpha value is -0.570. The van der Waals surface area contributed by atoms with Crippen LogP contribution in [0.15, 0.2) is 0 Å². The molecule has 2 N–H and O–H groups in total. The smallest absolute Gasteiger partial charge is 0.303 e. The Kier molecular flexibility index (Phi) is 12.6. The second-order valence-corrected chi connectivity index (χ2v) is 1.14. The molecule has 0 unspecified atom stereocenters. The Morgan fingerprint density at radius 3 is 1.88 bits per heavy atom. The number of hydrogen-bond acceptors (Lipinski definition) is 2. The van der Waals surface area contributed by atoms with Crippen molar-refractivity contribution in [2.75, 3.05) is 7.11 Å². The summed E-state index contributed by atoms with van der Waals surface area (Å²) in [7, 11) is 1.00. The normalized spacial score (nSPS) is 6.88. The third-order valence-electron chi connectivity index (χ3n) is 0.464. The molecule has 0 aromatic carbocycles. The number of aliphatic hydroxyl groups is 1. The number of carboxylic acid groups (broad SMARTS) is 1. The minimum atomic E-state index is -0.711. The van der Waals surface area contributed by atoms with Crippen molar-refractivity contribution in [1.82, 2.24) is 0 Å². The molecule has 0 atom stereocenters. The largest absolute Gasteiger partial charge is 0.481 e. The number of aliphatic hydroxyl groups excluding tert-OH is 1. The fourth-order valence-corrected chi connectivity index (χ4v) is 0.214. The van der Waals surface area contributed by atoms with Gasteiger partial charge < -0.3 is 10.2 Å². The Balaban J connectivity index is 0. The van der Waals surface area contributed by atoms with Gasteiger partial charge in [-0.3, -0.25) is 4.79 Å². The first-order valence-electron chi connectivity index (χ1n) is 2.44. The summed E-state index contributed by atoms with van der Waals surface area (Å²) in [4.78, 5) is 9.60. The van der Waals surface area contributed by atoms with Crippen molar-refractivity contribution in [3.8, 4) is 0 Å². The number of carboxylic acids is 1. The van der Waals surface area contributed by atoms with E-state index in [2.05, 4.69) is 0 Å². The third-order valence-corrected chi connectivity index (χ3v) is 0.464. The van der Waals surface area contributed by atoms with Gasteiger partial charge in [0.05, 0.1) is 0 Å². The number of rotatable bonds is 2. The Bertz CT molecular complexity index is 51.6. The summed E-state index contributed by atoms with van der Waals surface area (Å²) in [6.07, 6.45) is 1.02. The maximum atomic E-state index is 9.60. The molecule has 3 nitrogen and oxygen atoms in total. The molecule has 0 aliphatic rings. The minimum absolute atomic E-state index is 0.292. The van der Waals surface area contributed by atoms with Gasteiger partial charge in [-0.05, 0) is 6.42 Å². The van der Waals surface area contributed by atoms with Crippen molar-refractivity contribution in [2.45, 2.75) is 19.8 Å². The number of hydrogen-bond donors (Lipinski definition) is 2. The number of carbonyl (C=O) groups is 1. The maximum Gasteiger partial charge on any atom is 0.303 e. The molecule has 0 aromatic heterocycles. The molecule has 0 aliphatic carbocycles. The molecular formula is C5H12O3. The van der Waals surface area contributed by atoms with E-state index in [4.69, 9.17) is 10.2 Å². The number of aliphatic carboxylic acids is 1. The van der Waals surface area contributed by atoms with Crippen LogP contribution in [0.2, 0.25) is 0 Å². The first-order valence-corrected chi connectivity index (χ1v) is 2.44. The predicted octanol–water partition coefficient (Wildman–Crippen LogP) is 0.480. The van der Waals surface area contributed by atoms with Gasteiger partial charge >= 0.3 is 5.97 Å². The van der Waals surface area contributed by atoms with Crippen LogP contribution in [0.4, 0.5) is 0 Å². The summed E-state index contributed by atoms with van der Waals surface area (Å²) in [5, 5.41) is 14.9. The van der Waals surface area contributed by atoms with Crippen LogP contribution in [0, 0.1) is 0 Å². The SMILES string of the molecule is CCCC(=O)O.CO. The zero-order chi connectivity index (χ0) is 6.99. The van der Waals surface area contributed by atoms with Crippen molar-refractivity contribution >= 4 is 5.97 Å². The lowest BCUT2D eigenvalue weighted by molar-refractivity contribution is -0.137. The molecule has 0 aromatic rings. The average Bonchev–Trinajstić information content (AvgIpc) is 1.72. The van der Waals surface area contributed by atoms with Crippen molar-refractivity contribution < 1.29 is 15.0 Å². The molecule has 8 heavy (non-hydrogen) atoms. The van der Waals surface area contributed by atoms with Gasteiger partial charge in [-0.1, -0.05) is 6.92 Å². The monoisotopic (exact) mass is 120 g/mol. The van der Waals surface area contributed by atoms with Crippen LogP contribution in [-0.4, -0.2) is 23.3 Å². The molecule has 0 spiro atoms. The topological polar surface area (TPSA) is 57.5 Å². The Morgan fingerprint density at radius 1 is 1.50 bits per heavy atom. The minimum Gasteiger partial charge on any atom is -0.481 e. The van der Waals surface area contributed by atoms with Crippen molar-refractivity contribution in [1.29, 1.82) is 0 Å². The van der Waals surface area contributed by atoms with Crippen LogP contribution in [0.1, 0.15) is 19.8 Å². The fraction of sp³-hybridized carbons (Fsp3) is 0.800. The lowest BCUT2D eigenvalue weighted by Gasteiger charge is -1.79.